The van der Waals surface area contributed by atoms with E-state index in [1.54, 1.807) is 12.3 Å². The second-order valence-corrected chi connectivity index (χ2v) is 6.18. The molecule has 1 saturated carbocycles. The first kappa shape index (κ1) is 14.4. The minimum absolute atomic E-state index is 0.130. The lowest BCUT2D eigenvalue weighted by Crippen LogP contribution is -2.47. The van der Waals surface area contributed by atoms with Gasteiger partial charge >= 0.3 is 0 Å². The second-order valence-electron chi connectivity index (χ2n) is 4.82. The van der Waals surface area contributed by atoms with Crippen LogP contribution in [0.1, 0.15) is 32.1 Å². The fourth-order valence-corrected chi connectivity index (χ4v) is 2.96. The lowest BCUT2D eigenvalue weighted by atomic mass is 9.73. The van der Waals surface area contributed by atoms with Gasteiger partial charge in [0.25, 0.3) is 0 Å². The summed E-state index contributed by atoms with van der Waals surface area (Å²) in [5, 5.41) is 2.82. The van der Waals surface area contributed by atoms with Gasteiger partial charge in [-0.05, 0) is 40.9 Å². The number of nitrogens with one attached hydrogen (secondary N) is 1. The van der Waals surface area contributed by atoms with Crippen molar-refractivity contribution < 1.29 is 4.79 Å². The first-order valence-corrected chi connectivity index (χ1v) is 7.48. The Kier molecular flexibility index (Phi) is 4.52. The zero-order valence-electron chi connectivity index (χ0n) is 10.5. The number of amides is 1. The summed E-state index contributed by atoms with van der Waals surface area (Å²) in [6, 6.07) is 3.58. The minimum atomic E-state index is -0.706. The fourth-order valence-electron chi connectivity index (χ4n) is 2.43. The molecule has 0 aliphatic heterocycles. The maximum atomic E-state index is 12.5. The predicted octanol–water partition coefficient (Wildman–Crippen LogP) is 3.02. The van der Waals surface area contributed by atoms with E-state index in [1.807, 2.05) is 6.07 Å². The molecule has 0 unspecified atom stereocenters. The average Bonchev–Trinajstić information content (AvgIpc) is 2.42. The molecule has 4 nitrogen and oxygen atoms in total. The van der Waals surface area contributed by atoms with Crippen LogP contribution in [0.25, 0.3) is 0 Å². The van der Waals surface area contributed by atoms with Crippen molar-refractivity contribution in [1.82, 2.24) is 4.98 Å². The zero-order valence-corrected chi connectivity index (χ0v) is 12.9. The summed E-state index contributed by atoms with van der Waals surface area (Å²) in [6.45, 7) is 0. The van der Waals surface area contributed by atoms with Crippen molar-refractivity contribution in [1.29, 1.82) is 0 Å². The lowest BCUT2D eigenvalue weighted by molar-refractivity contribution is -0.123. The molecule has 1 aliphatic carbocycles. The van der Waals surface area contributed by atoms with Gasteiger partial charge in [0.05, 0.1) is 10.4 Å². The van der Waals surface area contributed by atoms with Crippen LogP contribution in [0, 0.1) is 5.41 Å². The number of rotatable bonds is 3. The van der Waals surface area contributed by atoms with Gasteiger partial charge in [0.2, 0.25) is 5.91 Å². The average molecular weight is 342 g/mol. The number of aromatic nitrogens is 1. The van der Waals surface area contributed by atoms with Gasteiger partial charge in [-0.2, -0.15) is 0 Å². The van der Waals surface area contributed by atoms with E-state index in [0.717, 1.165) is 36.6 Å². The largest absolute Gasteiger partial charge is 0.392 e. The molecule has 102 valence electrons. The Morgan fingerprint density at radius 3 is 2.58 bits per heavy atom. The van der Waals surface area contributed by atoms with Crippen molar-refractivity contribution in [2.45, 2.75) is 32.1 Å². The van der Waals surface area contributed by atoms with Gasteiger partial charge < -0.3 is 11.1 Å². The third-order valence-corrected chi connectivity index (χ3v) is 4.44. The van der Waals surface area contributed by atoms with Crippen molar-refractivity contribution in [3.05, 3.63) is 22.8 Å². The van der Waals surface area contributed by atoms with Crippen LogP contribution in [0.5, 0.6) is 0 Å². The van der Waals surface area contributed by atoms with Gasteiger partial charge in [0.1, 0.15) is 5.82 Å². The molecule has 2 rings (SSSR count). The molecule has 0 spiro atoms. The van der Waals surface area contributed by atoms with Gasteiger partial charge in [-0.1, -0.05) is 31.5 Å². The number of anilines is 1. The SMILES string of the molecule is NC(=S)C1(C(=O)Nc2ccc(Br)cn2)CCCCC1. The van der Waals surface area contributed by atoms with E-state index in [2.05, 4.69) is 26.2 Å². The van der Waals surface area contributed by atoms with Crippen molar-refractivity contribution in [2.24, 2.45) is 11.1 Å². The summed E-state index contributed by atoms with van der Waals surface area (Å²) in [7, 11) is 0. The van der Waals surface area contributed by atoms with Crippen LogP contribution in [0.2, 0.25) is 0 Å². The highest BCUT2D eigenvalue weighted by Gasteiger charge is 2.42. The molecule has 1 fully saturated rings. The van der Waals surface area contributed by atoms with E-state index in [1.165, 1.54) is 0 Å². The summed E-state index contributed by atoms with van der Waals surface area (Å²) in [4.78, 5) is 16.9. The highest BCUT2D eigenvalue weighted by molar-refractivity contribution is 9.10. The molecule has 1 heterocycles. The Labute approximate surface area is 126 Å². The molecular formula is C13H16BrN3OS. The maximum Gasteiger partial charge on any atom is 0.238 e. The van der Waals surface area contributed by atoms with Crippen LogP contribution < -0.4 is 11.1 Å². The molecule has 1 amide bonds. The molecule has 0 radical (unpaired) electrons. The number of carbonyl (C=O) groups is 1. The Morgan fingerprint density at radius 1 is 1.37 bits per heavy atom. The van der Waals surface area contributed by atoms with E-state index >= 15 is 0 Å². The molecule has 3 N–H and O–H groups in total. The zero-order chi connectivity index (χ0) is 13.9. The van der Waals surface area contributed by atoms with Gasteiger partial charge in [0, 0.05) is 10.7 Å². The van der Waals surface area contributed by atoms with Crippen molar-refractivity contribution in [2.75, 3.05) is 5.32 Å². The number of carbonyl (C=O) groups excluding carboxylic acids is 1. The Morgan fingerprint density at radius 2 is 2.05 bits per heavy atom. The lowest BCUT2D eigenvalue weighted by Gasteiger charge is -2.34. The summed E-state index contributed by atoms with van der Waals surface area (Å²) in [5.41, 5.74) is 5.12. The van der Waals surface area contributed by atoms with Gasteiger partial charge in [-0.3, -0.25) is 4.79 Å². The van der Waals surface area contributed by atoms with Crippen LogP contribution in [0.15, 0.2) is 22.8 Å². The van der Waals surface area contributed by atoms with Crippen LogP contribution in [-0.4, -0.2) is 15.9 Å². The van der Waals surface area contributed by atoms with Crippen molar-refractivity contribution >= 4 is 44.9 Å². The topological polar surface area (TPSA) is 68.0 Å². The molecule has 0 atom stereocenters. The Balaban J connectivity index is 2.16. The molecule has 1 aromatic rings. The Hall–Kier alpha value is -1.01. The quantitative estimate of drug-likeness (QED) is 0.829. The monoisotopic (exact) mass is 341 g/mol. The summed E-state index contributed by atoms with van der Waals surface area (Å²) in [5.74, 6) is 0.393. The van der Waals surface area contributed by atoms with Crippen LogP contribution in [-0.2, 0) is 4.79 Å². The number of nitrogens with two attached hydrogens (primary N) is 1. The van der Waals surface area contributed by atoms with Gasteiger partial charge in [-0.25, -0.2) is 4.98 Å². The van der Waals surface area contributed by atoms with Crippen LogP contribution >= 0.6 is 28.1 Å². The molecule has 0 bridgehead atoms. The third kappa shape index (κ3) is 3.12. The van der Waals surface area contributed by atoms with Crippen LogP contribution in [0.3, 0.4) is 0 Å². The van der Waals surface area contributed by atoms with E-state index < -0.39 is 5.41 Å². The minimum Gasteiger partial charge on any atom is -0.392 e. The molecule has 6 heteroatoms. The number of hydrogen-bond donors (Lipinski definition) is 2. The Bertz CT molecular complexity index is 483. The number of halogens is 1. The highest BCUT2D eigenvalue weighted by atomic mass is 79.9. The van der Waals surface area contributed by atoms with Crippen LogP contribution in [0.4, 0.5) is 5.82 Å². The third-order valence-electron chi connectivity index (χ3n) is 3.58. The molecule has 19 heavy (non-hydrogen) atoms. The summed E-state index contributed by atoms with van der Waals surface area (Å²) >= 11 is 8.44. The normalized spacial score (nSPS) is 17.7. The van der Waals surface area contributed by atoms with E-state index in [4.69, 9.17) is 18.0 Å². The smallest absolute Gasteiger partial charge is 0.238 e. The van der Waals surface area contributed by atoms with E-state index in [0.29, 0.717) is 10.8 Å². The second kappa shape index (κ2) is 5.96. The van der Waals surface area contributed by atoms with Crippen molar-refractivity contribution in [3.8, 4) is 0 Å². The number of nitrogens with zero attached hydrogens (tertiary/aromatic N) is 1. The van der Waals surface area contributed by atoms with E-state index in [9.17, 15) is 4.79 Å². The fraction of sp³-hybridized carbons (Fsp3) is 0.462. The number of hydrogen-bond acceptors (Lipinski definition) is 3. The molecule has 1 aliphatic rings. The molecule has 1 aromatic heterocycles. The first-order chi connectivity index (χ1) is 9.04. The number of pyridine rings is 1. The standard InChI is InChI=1S/C13H16BrN3OS/c14-9-4-5-10(16-8-9)17-12(18)13(11(15)19)6-2-1-3-7-13/h4-5,8H,1-3,6-7H2,(H2,15,19)(H,16,17,18). The summed E-state index contributed by atoms with van der Waals surface area (Å²) in [6.07, 6.45) is 6.20. The predicted molar refractivity (Wildman–Crippen MR) is 82.9 cm³/mol. The molecule has 0 aromatic carbocycles. The maximum absolute atomic E-state index is 12.5. The molecular weight excluding hydrogens is 326 g/mol. The molecule has 0 saturated heterocycles. The highest BCUT2D eigenvalue weighted by Crippen LogP contribution is 2.37. The van der Waals surface area contributed by atoms with Crippen molar-refractivity contribution in [3.63, 3.8) is 0 Å². The number of thiocarbonyl (C=S) groups is 1. The van der Waals surface area contributed by atoms with E-state index in [-0.39, 0.29) is 5.91 Å². The first-order valence-electron chi connectivity index (χ1n) is 6.27. The van der Waals surface area contributed by atoms with Gasteiger partial charge in [-0.15, -0.1) is 0 Å². The van der Waals surface area contributed by atoms with Gasteiger partial charge in [0.15, 0.2) is 0 Å². The summed E-state index contributed by atoms with van der Waals surface area (Å²) < 4.78 is 0.868.